The summed E-state index contributed by atoms with van der Waals surface area (Å²) >= 11 is 0. The normalized spacial score (nSPS) is 21.9. The molecule has 2 amide bonds. The van der Waals surface area contributed by atoms with Crippen LogP contribution in [0.15, 0.2) is 12.1 Å². The summed E-state index contributed by atoms with van der Waals surface area (Å²) in [5.74, 6) is -3.13. The molecule has 1 aliphatic heterocycles. The average molecular weight is 380 g/mol. The van der Waals surface area contributed by atoms with E-state index in [0.717, 1.165) is 25.7 Å². The number of hydrogen-bond donors (Lipinski definition) is 2. The van der Waals surface area contributed by atoms with Crippen LogP contribution in [0.4, 0.5) is 14.5 Å². The zero-order chi connectivity index (χ0) is 19.2. The zero-order valence-corrected chi connectivity index (χ0v) is 14.8. The number of ether oxygens (including phenoxy) is 1. The van der Waals surface area contributed by atoms with E-state index >= 15 is 0 Å². The smallest absolute Gasteiger partial charge is 0.282 e. The third-order valence-corrected chi connectivity index (χ3v) is 5.10. The van der Waals surface area contributed by atoms with Gasteiger partial charge in [0.15, 0.2) is 0 Å². The van der Waals surface area contributed by atoms with Crippen molar-refractivity contribution >= 4 is 17.5 Å². The van der Waals surface area contributed by atoms with Gasteiger partial charge in [0.05, 0.1) is 19.7 Å². The number of hydrogen-bond acceptors (Lipinski definition) is 5. The van der Waals surface area contributed by atoms with Gasteiger partial charge in [0.2, 0.25) is 11.8 Å². The van der Waals surface area contributed by atoms with Crippen LogP contribution in [-0.4, -0.2) is 48.5 Å². The van der Waals surface area contributed by atoms with Gasteiger partial charge < -0.3 is 20.7 Å². The van der Waals surface area contributed by atoms with Crippen molar-refractivity contribution < 1.29 is 23.1 Å². The van der Waals surface area contributed by atoms with E-state index in [1.54, 1.807) is 6.07 Å². The lowest BCUT2D eigenvalue weighted by molar-refractivity contribution is -0.120. The van der Waals surface area contributed by atoms with Gasteiger partial charge in [-0.3, -0.25) is 9.59 Å². The second kappa shape index (κ2) is 6.61. The molecule has 1 saturated heterocycles. The third kappa shape index (κ3) is 4.12. The molecule has 0 unspecified atom stereocenters. The molecule has 2 heterocycles. The molecule has 2 saturated carbocycles. The fraction of sp³-hybridized carbons (Fsp3) is 0.611. The van der Waals surface area contributed by atoms with Gasteiger partial charge in [-0.2, -0.15) is 0 Å². The van der Waals surface area contributed by atoms with Gasteiger partial charge in [-0.25, -0.2) is 13.8 Å². The highest BCUT2D eigenvalue weighted by atomic mass is 19.3. The minimum atomic E-state index is -2.72. The maximum atomic E-state index is 13.2. The van der Waals surface area contributed by atoms with Crippen LogP contribution in [0.25, 0.3) is 0 Å². The van der Waals surface area contributed by atoms with Crippen LogP contribution < -0.4 is 20.7 Å². The van der Waals surface area contributed by atoms with E-state index in [1.807, 2.05) is 0 Å². The fourth-order valence-corrected chi connectivity index (χ4v) is 3.14. The molecular formula is C18H22F2N4O3. The molecule has 3 fully saturated rings. The van der Waals surface area contributed by atoms with Gasteiger partial charge in [0, 0.05) is 0 Å². The van der Waals surface area contributed by atoms with Crippen molar-refractivity contribution in [3.05, 3.63) is 17.8 Å². The lowest BCUT2D eigenvalue weighted by atomic mass is 10.1. The molecule has 0 radical (unpaired) electrons. The number of alkyl halides is 2. The molecule has 2 aliphatic carbocycles. The summed E-state index contributed by atoms with van der Waals surface area (Å²) in [4.78, 5) is 29.7. The molecule has 27 heavy (non-hydrogen) atoms. The Morgan fingerprint density at radius 3 is 2.56 bits per heavy atom. The van der Waals surface area contributed by atoms with Crippen LogP contribution >= 0.6 is 0 Å². The molecule has 1 atom stereocenters. The van der Waals surface area contributed by atoms with Gasteiger partial charge in [-0.15, -0.1) is 0 Å². The summed E-state index contributed by atoms with van der Waals surface area (Å²) in [5.41, 5.74) is 5.88. The molecule has 0 aromatic carbocycles. The van der Waals surface area contributed by atoms with E-state index in [-0.39, 0.29) is 17.5 Å². The lowest BCUT2D eigenvalue weighted by Crippen LogP contribution is -2.56. The summed E-state index contributed by atoms with van der Waals surface area (Å²) in [6, 6.07) is 2.30. The molecule has 1 aromatic heterocycles. The highest BCUT2D eigenvalue weighted by molar-refractivity contribution is 5.96. The highest BCUT2D eigenvalue weighted by Gasteiger charge is 2.45. The Bertz CT molecular complexity index is 757. The number of halogens is 2. The summed E-state index contributed by atoms with van der Waals surface area (Å²) in [5, 5.41) is 2.62. The summed E-state index contributed by atoms with van der Waals surface area (Å²) in [7, 11) is 0. The molecular weight excluding hydrogens is 358 g/mol. The Hall–Kier alpha value is -2.45. The highest BCUT2D eigenvalue weighted by Crippen LogP contribution is 2.38. The summed E-state index contributed by atoms with van der Waals surface area (Å²) < 4.78 is 32.2. The Morgan fingerprint density at radius 2 is 2.00 bits per heavy atom. The molecule has 3 N–H and O–H groups in total. The first-order valence-electron chi connectivity index (χ1n) is 9.19. The van der Waals surface area contributed by atoms with E-state index in [9.17, 15) is 18.4 Å². The number of nitrogens with one attached hydrogen (secondary N) is 1. The van der Waals surface area contributed by atoms with Gasteiger partial charge in [-0.1, -0.05) is 0 Å². The largest absolute Gasteiger partial charge is 0.476 e. The summed E-state index contributed by atoms with van der Waals surface area (Å²) in [6.45, 7) is -0.349. The number of primary amides is 1. The van der Waals surface area contributed by atoms with Crippen molar-refractivity contribution in [3.8, 4) is 5.88 Å². The van der Waals surface area contributed by atoms with Crippen molar-refractivity contribution in [2.75, 3.05) is 24.6 Å². The molecule has 4 rings (SSSR count). The fourth-order valence-electron chi connectivity index (χ4n) is 3.14. The molecule has 1 aromatic rings. The Kier molecular flexibility index (Phi) is 4.39. The minimum Gasteiger partial charge on any atom is -0.476 e. The molecule has 3 aliphatic rings. The second-order valence-electron chi connectivity index (χ2n) is 7.68. The number of aromatic nitrogens is 1. The van der Waals surface area contributed by atoms with Gasteiger partial charge in [-0.05, 0) is 49.7 Å². The van der Waals surface area contributed by atoms with Crippen molar-refractivity contribution in [2.45, 2.75) is 37.6 Å². The predicted molar refractivity (Wildman–Crippen MR) is 92.8 cm³/mol. The van der Waals surface area contributed by atoms with Crippen molar-refractivity contribution in [3.63, 3.8) is 0 Å². The number of nitrogens with two attached hydrogens (primary N) is 1. The van der Waals surface area contributed by atoms with Crippen LogP contribution in [0.5, 0.6) is 5.88 Å². The van der Waals surface area contributed by atoms with Crippen molar-refractivity contribution in [1.29, 1.82) is 0 Å². The molecule has 0 spiro atoms. The van der Waals surface area contributed by atoms with Crippen LogP contribution in [0.2, 0.25) is 0 Å². The molecule has 7 nitrogen and oxygen atoms in total. The maximum absolute atomic E-state index is 13.2. The quantitative estimate of drug-likeness (QED) is 0.709. The summed E-state index contributed by atoms with van der Waals surface area (Å²) in [6.07, 6.45) is 3.83. The number of nitrogens with zero attached hydrogens (tertiary/aromatic N) is 2. The van der Waals surface area contributed by atoms with Gasteiger partial charge in [0.1, 0.15) is 17.4 Å². The van der Waals surface area contributed by atoms with Crippen molar-refractivity contribution in [2.24, 2.45) is 17.6 Å². The first-order valence-corrected chi connectivity index (χ1v) is 9.19. The lowest BCUT2D eigenvalue weighted by Gasteiger charge is -2.40. The van der Waals surface area contributed by atoms with Crippen LogP contribution in [0, 0.1) is 11.8 Å². The first-order chi connectivity index (χ1) is 12.8. The van der Waals surface area contributed by atoms with Crippen LogP contribution in [-0.2, 0) is 4.79 Å². The van der Waals surface area contributed by atoms with Crippen LogP contribution in [0.3, 0.4) is 0 Å². The Morgan fingerprint density at radius 1 is 1.30 bits per heavy atom. The molecule has 146 valence electrons. The van der Waals surface area contributed by atoms with E-state index in [2.05, 4.69) is 10.3 Å². The second-order valence-corrected chi connectivity index (χ2v) is 7.68. The zero-order valence-electron chi connectivity index (χ0n) is 14.8. The standard InChI is InChI=1S/C18H22F2N4O3/c19-18(20)8-24(9-18)13-6-5-12(22-17(13)27-7-10-1-2-10)16(26)23-14(15(21)25)11-3-4-11/h5-6,10-11,14H,1-4,7-9H2,(H2,21,25)(H,23,26)/t14-/m1/s1. The Labute approximate surface area is 155 Å². The van der Waals surface area contributed by atoms with Crippen molar-refractivity contribution in [1.82, 2.24) is 10.3 Å². The minimum absolute atomic E-state index is 0.0691. The van der Waals surface area contributed by atoms with Gasteiger partial charge in [0.25, 0.3) is 11.8 Å². The Balaban J connectivity index is 1.51. The number of pyridine rings is 1. The number of anilines is 1. The van der Waals surface area contributed by atoms with E-state index in [0.29, 0.717) is 18.2 Å². The maximum Gasteiger partial charge on any atom is 0.282 e. The monoisotopic (exact) mass is 380 g/mol. The number of rotatable bonds is 8. The SMILES string of the molecule is NC(=O)[C@H](NC(=O)c1ccc(N2CC(F)(F)C2)c(OCC2CC2)n1)C1CC1. The number of carbonyl (C=O) groups excluding carboxylic acids is 2. The number of carbonyl (C=O) groups is 2. The predicted octanol–water partition coefficient (Wildman–Crippen LogP) is 1.32. The van der Waals surface area contributed by atoms with E-state index in [1.165, 1.54) is 11.0 Å². The molecule has 9 heteroatoms. The molecule has 0 bridgehead atoms. The number of amides is 2. The topological polar surface area (TPSA) is 97.5 Å². The third-order valence-electron chi connectivity index (χ3n) is 5.10. The van der Waals surface area contributed by atoms with E-state index < -0.39 is 36.9 Å². The van der Waals surface area contributed by atoms with Crippen LogP contribution in [0.1, 0.15) is 36.2 Å². The first kappa shape index (κ1) is 17.9. The van der Waals surface area contributed by atoms with Gasteiger partial charge >= 0.3 is 0 Å². The average Bonchev–Trinajstić information content (AvgIpc) is 3.48. The van der Waals surface area contributed by atoms with E-state index in [4.69, 9.17) is 10.5 Å².